The SMILES string of the molecule is CCCCOC(=O)N1C(C)CC(=O)CC1C. The third-order valence-corrected chi connectivity index (χ3v) is 2.93. The lowest BCUT2D eigenvalue weighted by atomic mass is 9.97. The van der Waals surface area contributed by atoms with E-state index in [1.165, 1.54) is 0 Å². The van der Waals surface area contributed by atoms with Crippen molar-refractivity contribution in [3.63, 3.8) is 0 Å². The zero-order chi connectivity index (χ0) is 12.1. The summed E-state index contributed by atoms with van der Waals surface area (Å²) in [6.07, 6.45) is 2.53. The van der Waals surface area contributed by atoms with Crippen LogP contribution in [0.5, 0.6) is 0 Å². The Morgan fingerprint density at radius 3 is 2.44 bits per heavy atom. The molecule has 2 unspecified atom stereocenters. The summed E-state index contributed by atoms with van der Waals surface area (Å²) in [5.41, 5.74) is 0. The van der Waals surface area contributed by atoms with Crippen LogP contribution in [0, 0.1) is 0 Å². The zero-order valence-corrected chi connectivity index (χ0v) is 10.4. The molecule has 1 heterocycles. The molecule has 1 amide bonds. The molecule has 1 aliphatic rings. The Kier molecular flexibility index (Phi) is 4.77. The Morgan fingerprint density at radius 2 is 1.94 bits per heavy atom. The van der Waals surface area contributed by atoms with E-state index in [1.807, 2.05) is 13.8 Å². The second kappa shape index (κ2) is 5.87. The fourth-order valence-corrected chi connectivity index (χ4v) is 2.11. The van der Waals surface area contributed by atoms with Gasteiger partial charge >= 0.3 is 6.09 Å². The van der Waals surface area contributed by atoms with Gasteiger partial charge in [-0.2, -0.15) is 0 Å². The maximum Gasteiger partial charge on any atom is 0.410 e. The van der Waals surface area contributed by atoms with Gasteiger partial charge in [-0.3, -0.25) is 4.79 Å². The summed E-state index contributed by atoms with van der Waals surface area (Å²) in [6, 6.07) is -0.0734. The Bertz CT molecular complexity index is 251. The van der Waals surface area contributed by atoms with Crippen molar-refractivity contribution in [2.24, 2.45) is 0 Å². The molecule has 1 rings (SSSR count). The molecule has 0 saturated carbocycles. The van der Waals surface area contributed by atoms with Crippen molar-refractivity contribution in [3.8, 4) is 0 Å². The minimum absolute atomic E-state index is 0.0367. The number of hydrogen-bond donors (Lipinski definition) is 0. The predicted octanol–water partition coefficient (Wildman–Crippen LogP) is 2.37. The van der Waals surface area contributed by atoms with Gasteiger partial charge in [-0.15, -0.1) is 0 Å². The van der Waals surface area contributed by atoms with Crippen LogP contribution >= 0.6 is 0 Å². The quantitative estimate of drug-likeness (QED) is 0.695. The maximum absolute atomic E-state index is 11.8. The summed E-state index contributed by atoms with van der Waals surface area (Å²) in [5, 5.41) is 0. The Balaban J connectivity index is 2.50. The molecule has 4 heteroatoms. The van der Waals surface area contributed by atoms with Crippen LogP contribution in [0.15, 0.2) is 0 Å². The van der Waals surface area contributed by atoms with Gasteiger partial charge in [-0.25, -0.2) is 4.79 Å². The number of likely N-dealkylation sites (tertiary alicyclic amines) is 1. The molecule has 0 spiro atoms. The van der Waals surface area contributed by atoms with Crippen LogP contribution in [-0.4, -0.2) is 35.5 Å². The lowest BCUT2D eigenvalue weighted by Gasteiger charge is -2.37. The number of ether oxygens (including phenoxy) is 1. The minimum atomic E-state index is -0.277. The second-order valence-corrected chi connectivity index (χ2v) is 4.52. The van der Waals surface area contributed by atoms with E-state index >= 15 is 0 Å². The summed E-state index contributed by atoms with van der Waals surface area (Å²) >= 11 is 0. The standard InChI is InChI=1S/C12H21NO3/c1-4-5-6-16-12(15)13-9(2)7-11(14)8-10(13)3/h9-10H,4-8H2,1-3H3. The van der Waals surface area contributed by atoms with Gasteiger partial charge in [0.15, 0.2) is 0 Å². The summed E-state index contributed by atoms with van der Waals surface area (Å²) in [5.74, 6) is 0.234. The maximum atomic E-state index is 11.8. The highest BCUT2D eigenvalue weighted by Crippen LogP contribution is 2.21. The van der Waals surface area contributed by atoms with E-state index in [0.717, 1.165) is 12.8 Å². The summed E-state index contributed by atoms with van der Waals surface area (Å²) in [7, 11) is 0. The van der Waals surface area contributed by atoms with E-state index < -0.39 is 0 Å². The minimum Gasteiger partial charge on any atom is -0.449 e. The number of ketones is 1. The van der Waals surface area contributed by atoms with Gasteiger partial charge in [0.2, 0.25) is 0 Å². The summed E-state index contributed by atoms with van der Waals surface area (Å²) in [4.78, 5) is 24.8. The number of amides is 1. The van der Waals surface area contributed by atoms with Crippen LogP contribution < -0.4 is 0 Å². The first-order valence-corrected chi connectivity index (χ1v) is 6.03. The predicted molar refractivity (Wildman–Crippen MR) is 61.3 cm³/mol. The number of piperidine rings is 1. The first-order chi connectivity index (χ1) is 7.56. The molecule has 0 radical (unpaired) electrons. The molecule has 1 saturated heterocycles. The third-order valence-electron chi connectivity index (χ3n) is 2.93. The third kappa shape index (κ3) is 3.22. The van der Waals surface area contributed by atoms with Gasteiger partial charge < -0.3 is 9.64 Å². The number of rotatable bonds is 3. The van der Waals surface area contributed by atoms with E-state index in [2.05, 4.69) is 6.92 Å². The highest BCUT2D eigenvalue weighted by molar-refractivity contribution is 5.82. The van der Waals surface area contributed by atoms with Crippen molar-refractivity contribution < 1.29 is 14.3 Å². The molecule has 0 N–H and O–H groups in total. The van der Waals surface area contributed by atoms with Crippen molar-refractivity contribution in [2.45, 2.75) is 58.5 Å². The average molecular weight is 227 g/mol. The number of nitrogens with zero attached hydrogens (tertiary/aromatic N) is 1. The van der Waals surface area contributed by atoms with Crippen molar-refractivity contribution in [1.29, 1.82) is 0 Å². The lowest BCUT2D eigenvalue weighted by Crippen LogP contribution is -2.50. The van der Waals surface area contributed by atoms with Crippen LogP contribution in [0.3, 0.4) is 0 Å². The van der Waals surface area contributed by atoms with E-state index in [1.54, 1.807) is 4.90 Å². The number of Topliss-reactive ketones (excluding diaryl/α,β-unsaturated/α-hetero) is 1. The van der Waals surface area contributed by atoms with E-state index in [4.69, 9.17) is 4.74 Å². The molecule has 0 aromatic heterocycles. The number of carbonyl (C=O) groups excluding carboxylic acids is 2. The fourth-order valence-electron chi connectivity index (χ4n) is 2.11. The smallest absolute Gasteiger partial charge is 0.410 e. The van der Waals surface area contributed by atoms with Crippen LogP contribution in [0.2, 0.25) is 0 Å². The molecule has 2 atom stereocenters. The van der Waals surface area contributed by atoms with Crippen molar-refractivity contribution in [1.82, 2.24) is 4.90 Å². The highest BCUT2D eigenvalue weighted by Gasteiger charge is 2.33. The number of hydrogen-bond acceptors (Lipinski definition) is 3. The second-order valence-electron chi connectivity index (χ2n) is 4.52. The number of carbonyl (C=O) groups is 2. The average Bonchev–Trinajstić information content (AvgIpc) is 2.16. The molecular weight excluding hydrogens is 206 g/mol. The van der Waals surface area contributed by atoms with Gasteiger partial charge in [0, 0.05) is 24.9 Å². The van der Waals surface area contributed by atoms with Crippen LogP contribution in [0.25, 0.3) is 0 Å². The Morgan fingerprint density at radius 1 is 1.38 bits per heavy atom. The van der Waals surface area contributed by atoms with Crippen molar-refractivity contribution in [2.75, 3.05) is 6.61 Å². The molecular formula is C12H21NO3. The molecule has 1 fully saturated rings. The summed E-state index contributed by atoms with van der Waals surface area (Å²) < 4.78 is 5.17. The molecule has 4 nitrogen and oxygen atoms in total. The first kappa shape index (κ1) is 13.0. The van der Waals surface area contributed by atoms with E-state index in [-0.39, 0.29) is 24.0 Å². The molecule has 92 valence electrons. The van der Waals surface area contributed by atoms with Crippen LogP contribution in [-0.2, 0) is 9.53 Å². The van der Waals surface area contributed by atoms with E-state index in [0.29, 0.717) is 19.4 Å². The first-order valence-electron chi connectivity index (χ1n) is 6.03. The van der Waals surface area contributed by atoms with Crippen molar-refractivity contribution >= 4 is 11.9 Å². The van der Waals surface area contributed by atoms with Crippen LogP contribution in [0.4, 0.5) is 4.79 Å². The monoisotopic (exact) mass is 227 g/mol. The Hall–Kier alpha value is -1.06. The van der Waals surface area contributed by atoms with Gasteiger partial charge in [0.05, 0.1) is 6.61 Å². The lowest BCUT2D eigenvalue weighted by molar-refractivity contribution is -0.124. The zero-order valence-electron chi connectivity index (χ0n) is 10.4. The topological polar surface area (TPSA) is 46.6 Å². The van der Waals surface area contributed by atoms with Crippen molar-refractivity contribution in [3.05, 3.63) is 0 Å². The Labute approximate surface area is 96.9 Å². The van der Waals surface area contributed by atoms with Crippen LogP contribution in [0.1, 0.15) is 46.5 Å². The highest BCUT2D eigenvalue weighted by atomic mass is 16.6. The van der Waals surface area contributed by atoms with Gasteiger partial charge in [0.25, 0.3) is 0 Å². The van der Waals surface area contributed by atoms with Gasteiger partial charge in [-0.1, -0.05) is 13.3 Å². The molecule has 16 heavy (non-hydrogen) atoms. The van der Waals surface area contributed by atoms with Gasteiger partial charge in [-0.05, 0) is 20.3 Å². The number of unbranched alkanes of at least 4 members (excludes halogenated alkanes) is 1. The molecule has 0 bridgehead atoms. The van der Waals surface area contributed by atoms with Gasteiger partial charge in [0.1, 0.15) is 5.78 Å². The molecule has 0 aliphatic carbocycles. The van der Waals surface area contributed by atoms with E-state index in [9.17, 15) is 9.59 Å². The summed E-state index contributed by atoms with van der Waals surface area (Å²) in [6.45, 7) is 6.32. The molecule has 0 aromatic rings. The fraction of sp³-hybridized carbons (Fsp3) is 0.833. The normalized spacial score (nSPS) is 25.7. The molecule has 0 aromatic carbocycles. The molecule has 1 aliphatic heterocycles. The largest absolute Gasteiger partial charge is 0.449 e.